The Hall–Kier alpha value is -1.85. The van der Waals surface area contributed by atoms with Gasteiger partial charge < -0.3 is 9.51 Å². The number of H-pyrrole nitrogens is 1. The van der Waals surface area contributed by atoms with Crippen molar-refractivity contribution in [3.8, 4) is 5.75 Å². The monoisotopic (exact) mass is 336 g/mol. The van der Waals surface area contributed by atoms with Crippen LogP contribution in [-0.4, -0.2) is 39.3 Å². The summed E-state index contributed by atoms with van der Waals surface area (Å²) in [5.41, 5.74) is 1.73. The number of fused-ring (bicyclic) bond motifs is 1. The number of hydrogen-bond acceptors (Lipinski definition) is 3. The number of rotatable bonds is 9. The number of nitrogens with one attached hydrogen (secondary N) is 1. The molecule has 2 rings (SSSR count). The molecule has 0 amide bonds. The van der Waals surface area contributed by atoms with Crippen LogP contribution in [0.5, 0.6) is 5.75 Å². The van der Waals surface area contributed by atoms with Crippen molar-refractivity contribution in [1.29, 1.82) is 0 Å². The molecular formula is C16H21N2O4P. The van der Waals surface area contributed by atoms with Gasteiger partial charge in [0.15, 0.2) is 0 Å². The summed E-state index contributed by atoms with van der Waals surface area (Å²) in [7, 11) is -4.60. The lowest BCUT2D eigenvalue weighted by molar-refractivity contribution is 0.284. The molecule has 1 heterocycles. The Morgan fingerprint density at radius 3 is 2.57 bits per heavy atom. The van der Waals surface area contributed by atoms with E-state index in [1.807, 2.05) is 24.4 Å². The number of hydrogen-bond donors (Lipinski definition) is 3. The second-order valence-electron chi connectivity index (χ2n) is 5.16. The third-order valence-electron chi connectivity index (χ3n) is 3.44. The van der Waals surface area contributed by atoms with Crippen molar-refractivity contribution in [2.24, 2.45) is 0 Å². The van der Waals surface area contributed by atoms with E-state index in [9.17, 15) is 4.57 Å². The number of nitrogens with zero attached hydrogens (tertiary/aromatic N) is 1. The molecule has 0 saturated carbocycles. The fraction of sp³-hybridized carbons (Fsp3) is 0.250. The normalized spacial score (nSPS) is 11.8. The summed E-state index contributed by atoms with van der Waals surface area (Å²) in [6.07, 6.45) is 6.22. The fourth-order valence-electron chi connectivity index (χ4n) is 2.52. The zero-order valence-corrected chi connectivity index (χ0v) is 13.7. The fourth-order valence-corrected chi connectivity index (χ4v) is 2.93. The minimum Gasteiger partial charge on any atom is -0.404 e. The van der Waals surface area contributed by atoms with Crippen LogP contribution in [0, 0.1) is 0 Å². The van der Waals surface area contributed by atoms with E-state index in [-0.39, 0.29) is 5.75 Å². The van der Waals surface area contributed by atoms with Gasteiger partial charge in [-0.3, -0.25) is 14.7 Å². The van der Waals surface area contributed by atoms with Gasteiger partial charge in [0.25, 0.3) is 0 Å². The van der Waals surface area contributed by atoms with Crippen LogP contribution in [-0.2, 0) is 11.0 Å². The van der Waals surface area contributed by atoms with E-state index in [1.165, 1.54) is 0 Å². The van der Waals surface area contributed by atoms with Crippen LogP contribution in [0.2, 0.25) is 0 Å². The molecular weight excluding hydrogens is 315 g/mol. The molecule has 1 aromatic heterocycles. The molecule has 0 aliphatic rings. The van der Waals surface area contributed by atoms with E-state index in [0.29, 0.717) is 11.8 Å². The van der Waals surface area contributed by atoms with E-state index >= 15 is 0 Å². The van der Waals surface area contributed by atoms with Gasteiger partial charge in [-0.25, -0.2) is 4.57 Å². The van der Waals surface area contributed by atoms with E-state index in [0.717, 1.165) is 30.7 Å². The molecule has 0 radical (unpaired) electrons. The summed E-state index contributed by atoms with van der Waals surface area (Å²) in [5, 5.41) is 0.702. The van der Waals surface area contributed by atoms with Gasteiger partial charge >= 0.3 is 7.82 Å². The first kappa shape index (κ1) is 17.5. The van der Waals surface area contributed by atoms with Crippen molar-refractivity contribution in [3.63, 3.8) is 0 Å². The molecule has 0 aliphatic heterocycles. The van der Waals surface area contributed by atoms with Crippen molar-refractivity contribution in [2.75, 3.05) is 19.6 Å². The average Bonchev–Trinajstić information content (AvgIpc) is 2.88. The Bertz CT molecular complexity index is 725. The lowest BCUT2D eigenvalue weighted by Gasteiger charge is -2.18. The van der Waals surface area contributed by atoms with Gasteiger partial charge in [0.2, 0.25) is 0 Å². The van der Waals surface area contributed by atoms with Crippen LogP contribution in [0.3, 0.4) is 0 Å². The third-order valence-corrected chi connectivity index (χ3v) is 3.87. The standard InChI is InChI=1S/C16H21N2O4P/c1-3-9-18(10-4-2)11-8-13-12-17-14-6-5-7-15(16(13)14)22-23(19,20)21/h3-7,12,17H,1-2,8-11H2,(H2,19,20,21). The Morgan fingerprint density at radius 2 is 1.96 bits per heavy atom. The Kier molecular flexibility index (Phi) is 5.80. The predicted octanol–water partition coefficient (Wildman–Crippen LogP) is 2.86. The SMILES string of the molecule is C=CCN(CC=C)CCc1c[nH]c2cccc(OP(=O)(O)O)c12. The minimum absolute atomic E-state index is 0.186. The lowest BCUT2D eigenvalue weighted by atomic mass is 10.1. The molecule has 0 bridgehead atoms. The van der Waals surface area contributed by atoms with Crippen LogP contribution >= 0.6 is 7.82 Å². The highest BCUT2D eigenvalue weighted by molar-refractivity contribution is 7.46. The summed E-state index contributed by atoms with van der Waals surface area (Å²) >= 11 is 0. The summed E-state index contributed by atoms with van der Waals surface area (Å²) < 4.78 is 16.0. The molecule has 3 N–H and O–H groups in total. The molecule has 124 valence electrons. The van der Waals surface area contributed by atoms with Gasteiger partial charge in [0.05, 0.1) is 0 Å². The topological polar surface area (TPSA) is 85.8 Å². The third kappa shape index (κ3) is 4.81. The zero-order valence-electron chi connectivity index (χ0n) is 12.8. The van der Waals surface area contributed by atoms with Crippen molar-refractivity contribution < 1.29 is 18.9 Å². The van der Waals surface area contributed by atoms with Gasteiger partial charge in [-0.15, -0.1) is 13.2 Å². The molecule has 0 unspecified atom stereocenters. The smallest absolute Gasteiger partial charge is 0.404 e. The summed E-state index contributed by atoms with van der Waals surface area (Å²) in [4.78, 5) is 23.4. The van der Waals surface area contributed by atoms with E-state index in [2.05, 4.69) is 23.0 Å². The maximum Gasteiger partial charge on any atom is 0.524 e. The van der Waals surface area contributed by atoms with Crippen LogP contribution in [0.15, 0.2) is 49.7 Å². The van der Waals surface area contributed by atoms with Gasteiger partial charge in [-0.1, -0.05) is 18.2 Å². The Labute approximate surface area is 135 Å². The molecule has 1 aromatic carbocycles. The first-order valence-corrected chi connectivity index (χ1v) is 8.76. The molecule has 0 saturated heterocycles. The first-order chi connectivity index (χ1) is 10.9. The predicted molar refractivity (Wildman–Crippen MR) is 91.5 cm³/mol. The molecule has 23 heavy (non-hydrogen) atoms. The van der Waals surface area contributed by atoms with Crippen LogP contribution < -0.4 is 4.52 Å². The zero-order chi connectivity index (χ0) is 16.9. The average molecular weight is 336 g/mol. The van der Waals surface area contributed by atoms with Gasteiger partial charge in [-0.05, 0) is 24.1 Å². The van der Waals surface area contributed by atoms with Gasteiger partial charge in [0.1, 0.15) is 5.75 Å². The summed E-state index contributed by atoms with van der Waals surface area (Å²) in [6.45, 7) is 9.76. The Morgan fingerprint density at radius 1 is 1.26 bits per heavy atom. The molecule has 0 spiro atoms. The highest BCUT2D eigenvalue weighted by Crippen LogP contribution is 2.41. The minimum atomic E-state index is -4.60. The molecule has 2 aromatic rings. The molecule has 6 nitrogen and oxygen atoms in total. The maximum atomic E-state index is 11.1. The number of phosphoric ester groups is 1. The van der Waals surface area contributed by atoms with Crippen LogP contribution in [0.25, 0.3) is 10.9 Å². The summed E-state index contributed by atoms with van der Waals surface area (Å²) in [5.74, 6) is 0.186. The number of phosphoric acid groups is 1. The highest BCUT2D eigenvalue weighted by Gasteiger charge is 2.19. The Balaban J connectivity index is 2.25. The quantitative estimate of drug-likeness (QED) is 0.484. The first-order valence-electron chi connectivity index (χ1n) is 7.23. The molecule has 0 fully saturated rings. The van der Waals surface area contributed by atoms with E-state index in [4.69, 9.17) is 14.3 Å². The molecule has 7 heteroatoms. The van der Waals surface area contributed by atoms with Crippen molar-refractivity contribution >= 4 is 18.7 Å². The molecule has 0 aliphatic carbocycles. The largest absolute Gasteiger partial charge is 0.524 e. The lowest BCUT2D eigenvalue weighted by Crippen LogP contribution is -2.26. The van der Waals surface area contributed by atoms with Gasteiger partial charge in [0, 0.05) is 36.7 Å². The van der Waals surface area contributed by atoms with Crippen molar-refractivity contribution in [3.05, 3.63) is 55.3 Å². The van der Waals surface area contributed by atoms with Crippen molar-refractivity contribution in [1.82, 2.24) is 9.88 Å². The number of benzene rings is 1. The van der Waals surface area contributed by atoms with E-state index in [1.54, 1.807) is 12.1 Å². The second kappa shape index (κ2) is 7.62. The maximum absolute atomic E-state index is 11.1. The summed E-state index contributed by atoms with van der Waals surface area (Å²) in [6, 6.07) is 5.09. The van der Waals surface area contributed by atoms with Gasteiger partial charge in [-0.2, -0.15) is 0 Å². The van der Waals surface area contributed by atoms with Crippen LogP contribution in [0.1, 0.15) is 5.56 Å². The second-order valence-corrected chi connectivity index (χ2v) is 6.33. The van der Waals surface area contributed by atoms with E-state index < -0.39 is 7.82 Å². The number of aromatic nitrogens is 1. The highest BCUT2D eigenvalue weighted by atomic mass is 31.2. The van der Waals surface area contributed by atoms with Crippen molar-refractivity contribution in [2.45, 2.75) is 6.42 Å². The molecule has 0 atom stereocenters. The number of aromatic amines is 1. The van der Waals surface area contributed by atoms with Crippen LogP contribution in [0.4, 0.5) is 0 Å².